The number of benzene rings is 1. The van der Waals surface area contributed by atoms with Gasteiger partial charge in [0.1, 0.15) is 5.16 Å². The number of hydrogen-bond donors (Lipinski definition) is 3. The number of nitrogens with one attached hydrogen (secondary N) is 2. The number of aliphatic hydroxyl groups excluding tert-OH is 1. The second-order valence-electron chi connectivity index (χ2n) is 5.77. The van der Waals surface area contributed by atoms with E-state index in [0.717, 1.165) is 29.3 Å². The molecule has 0 bridgehead atoms. The zero-order valence-corrected chi connectivity index (χ0v) is 16.6. The van der Waals surface area contributed by atoms with Crippen molar-refractivity contribution in [3.8, 4) is 0 Å². The van der Waals surface area contributed by atoms with E-state index in [1.54, 1.807) is 35.5 Å². The standard InChI is InChI=1S/C17H24ClN3O2S2/c1-13(22)7-5-6-10-19-17(23)20-21-12-25-16(15(21)18)24-11-14-8-3-2-4-9-14/h2-4,8-9,13,22H,5-7,10-12H2,1H3,(H2,19,20,23). The highest BCUT2D eigenvalue weighted by molar-refractivity contribution is 8.22. The van der Waals surface area contributed by atoms with Gasteiger partial charge in [-0.2, -0.15) is 0 Å². The maximum absolute atomic E-state index is 11.9. The van der Waals surface area contributed by atoms with Gasteiger partial charge in [0.05, 0.1) is 16.2 Å². The molecule has 5 nitrogen and oxygen atoms in total. The minimum atomic E-state index is -0.286. The van der Waals surface area contributed by atoms with E-state index in [-0.39, 0.29) is 12.1 Å². The number of amides is 2. The Bertz CT molecular complexity index is 585. The molecule has 1 unspecified atom stereocenters. The summed E-state index contributed by atoms with van der Waals surface area (Å²) in [7, 11) is 0. The number of carbonyl (C=O) groups excluding carboxylic acids is 1. The monoisotopic (exact) mass is 401 g/mol. The van der Waals surface area contributed by atoms with Gasteiger partial charge in [0.15, 0.2) is 0 Å². The van der Waals surface area contributed by atoms with E-state index < -0.39 is 0 Å². The van der Waals surface area contributed by atoms with E-state index in [1.165, 1.54) is 5.56 Å². The molecule has 0 aromatic heterocycles. The Morgan fingerprint density at radius 3 is 2.88 bits per heavy atom. The van der Waals surface area contributed by atoms with E-state index in [2.05, 4.69) is 22.9 Å². The quantitative estimate of drug-likeness (QED) is 0.430. The summed E-state index contributed by atoms with van der Waals surface area (Å²) >= 11 is 9.66. The molecular weight excluding hydrogens is 378 g/mol. The number of thioether (sulfide) groups is 2. The van der Waals surface area contributed by atoms with E-state index >= 15 is 0 Å². The summed E-state index contributed by atoms with van der Waals surface area (Å²) in [5, 5.41) is 14.2. The van der Waals surface area contributed by atoms with Gasteiger partial charge in [-0.25, -0.2) is 10.2 Å². The second-order valence-corrected chi connectivity index (χ2v) is 8.32. The number of urea groups is 1. The highest BCUT2D eigenvalue weighted by Crippen LogP contribution is 2.41. The summed E-state index contributed by atoms with van der Waals surface area (Å²) in [4.78, 5) is 11.9. The number of carbonyl (C=O) groups is 1. The molecule has 138 valence electrons. The lowest BCUT2D eigenvalue weighted by Crippen LogP contribution is -2.45. The minimum Gasteiger partial charge on any atom is -0.393 e. The Balaban J connectivity index is 1.70. The van der Waals surface area contributed by atoms with Crippen molar-refractivity contribution < 1.29 is 9.90 Å². The van der Waals surface area contributed by atoms with Crippen LogP contribution in [0.15, 0.2) is 39.7 Å². The maximum Gasteiger partial charge on any atom is 0.333 e. The van der Waals surface area contributed by atoms with Crippen molar-refractivity contribution in [1.82, 2.24) is 15.8 Å². The zero-order valence-electron chi connectivity index (χ0n) is 14.2. The van der Waals surface area contributed by atoms with E-state index in [1.807, 2.05) is 18.2 Å². The lowest BCUT2D eigenvalue weighted by atomic mass is 10.2. The molecule has 1 aliphatic rings. The zero-order chi connectivity index (χ0) is 18.1. The average Bonchev–Trinajstić information content (AvgIpc) is 2.93. The van der Waals surface area contributed by atoms with Crippen LogP contribution in [0.2, 0.25) is 0 Å². The molecule has 3 N–H and O–H groups in total. The van der Waals surface area contributed by atoms with Crippen LogP contribution in [0.3, 0.4) is 0 Å². The van der Waals surface area contributed by atoms with Gasteiger partial charge in [-0.15, -0.1) is 11.8 Å². The third kappa shape index (κ3) is 7.40. The van der Waals surface area contributed by atoms with Crippen molar-refractivity contribution >= 4 is 41.2 Å². The minimum absolute atomic E-state index is 0.259. The molecule has 0 aliphatic carbocycles. The second kappa shape index (κ2) is 10.9. The van der Waals surface area contributed by atoms with Crippen LogP contribution in [-0.4, -0.2) is 34.7 Å². The van der Waals surface area contributed by atoms with Crippen LogP contribution >= 0.6 is 35.1 Å². The number of rotatable bonds is 9. The van der Waals surface area contributed by atoms with Crippen LogP contribution in [0.4, 0.5) is 4.79 Å². The molecule has 0 radical (unpaired) electrons. The molecular formula is C17H24ClN3O2S2. The van der Waals surface area contributed by atoms with Crippen LogP contribution in [0.1, 0.15) is 31.7 Å². The number of aliphatic hydroxyl groups is 1. The van der Waals surface area contributed by atoms with Gasteiger partial charge in [-0.3, -0.25) is 5.01 Å². The van der Waals surface area contributed by atoms with Crippen molar-refractivity contribution in [3.63, 3.8) is 0 Å². The van der Waals surface area contributed by atoms with Crippen LogP contribution in [0.25, 0.3) is 0 Å². The predicted molar refractivity (Wildman–Crippen MR) is 107 cm³/mol. The Hall–Kier alpha value is -1.02. The first-order chi connectivity index (χ1) is 12.1. The van der Waals surface area contributed by atoms with Crippen LogP contribution in [-0.2, 0) is 5.75 Å². The van der Waals surface area contributed by atoms with Crippen molar-refractivity contribution in [2.75, 3.05) is 12.4 Å². The van der Waals surface area contributed by atoms with Crippen LogP contribution in [0, 0.1) is 0 Å². The van der Waals surface area contributed by atoms with Gasteiger partial charge in [-0.05, 0) is 31.7 Å². The summed E-state index contributed by atoms with van der Waals surface area (Å²) in [5.74, 6) is 1.45. The summed E-state index contributed by atoms with van der Waals surface area (Å²) in [5.41, 5.74) is 4.01. The number of nitrogens with zero attached hydrogens (tertiary/aromatic N) is 1. The fourth-order valence-corrected chi connectivity index (χ4v) is 4.74. The van der Waals surface area contributed by atoms with Crippen LogP contribution in [0.5, 0.6) is 0 Å². The van der Waals surface area contributed by atoms with Gasteiger partial charge >= 0.3 is 6.03 Å². The largest absolute Gasteiger partial charge is 0.393 e. The predicted octanol–water partition coefficient (Wildman–Crippen LogP) is 4.06. The SMILES string of the molecule is CC(O)CCCCNC(=O)NN1CSC(SCc2ccccc2)=C1Cl. The summed E-state index contributed by atoms with van der Waals surface area (Å²) < 4.78 is 1.02. The number of unbranched alkanes of at least 4 members (excludes halogenated alkanes) is 1. The third-order valence-corrected chi connectivity index (χ3v) is 6.61. The Morgan fingerprint density at radius 2 is 2.16 bits per heavy atom. The number of hydrazine groups is 1. The highest BCUT2D eigenvalue weighted by atomic mass is 35.5. The van der Waals surface area contributed by atoms with Crippen molar-refractivity contribution in [2.24, 2.45) is 0 Å². The first kappa shape index (κ1) is 20.3. The number of hydrogen-bond acceptors (Lipinski definition) is 5. The molecule has 1 heterocycles. The van der Waals surface area contributed by atoms with E-state index in [9.17, 15) is 9.90 Å². The topological polar surface area (TPSA) is 64.6 Å². The molecule has 25 heavy (non-hydrogen) atoms. The lowest BCUT2D eigenvalue weighted by Gasteiger charge is -2.18. The third-order valence-electron chi connectivity index (χ3n) is 3.51. The molecule has 8 heteroatoms. The Labute approximate surface area is 162 Å². The van der Waals surface area contributed by atoms with Crippen molar-refractivity contribution in [2.45, 2.75) is 38.0 Å². The molecule has 0 spiro atoms. The molecule has 1 aromatic carbocycles. The van der Waals surface area contributed by atoms with E-state index in [4.69, 9.17) is 11.6 Å². The van der Waals surface area contributed by atoms with E-state index in [0.29, 0.717) is 17.6 Å². The summed E-state index contributed by atoms with van der Waals surface area (Å²) in [6.07, 6.45) is 2.20. The smallest absolute Gasteiger partial charge is 0.333 e. The molecule has 2 rings (SSSR count). The van der Waals surface area contributed by atoms with Gasteiger partial charge < -0.3 is 10.4 Å². The molecule has 0 fully saturated rings. The normalized spacial score (nSPS) is 15.4. The first-order valence-electron chi connectivity index (χ1n) is 8.25. The lowest BCUT2D eigenvalue weighted by molar-refractivity contribution is 0.180. The summed E-state index contributed by atoms with van der Waals surface area (Å²) in [6, 6.07) is 9.95. The van der Waals surface area contributed by atoms with Crippen molar-refractivity contribution in [3.05, 3.63) is 45.3 Å². The van der Waals surface area contributed by atoms with Gasteiger partial charge in [0.25, 0.3) is 0 Å². The Morgan fingerprint density at radius 1 is 1.40 bits per heavy atom. The average molecular weight is 402 g/mol. The van der Waals surface area contributed by atoms with Gasteiger partial charge in [-0.1, -0.05) is 53.7 Å². The van der Waals surface area contributed by atoms with Gasteiger partial charge in [0, 0.05) is 12.3 Å². The molecule has 1 atom stereocenters. The summed E-state index contributed by atoms with van der Waals surface area (Å²) in [6.45, 7) is 2.35. The van der Waals surface area contributed by atoms with Crippen LogP contribution < -0.4 is 10.7 Å². The Kier molecular flexibility index (Phi) is 8.81. The number of halogens is 1. The van der Waals surface area contributed by atoms with Crippen molar-refractivity contribution in [1.29, 1.82) is 0 Å². The highest BCUT2D eigenvalue weighted by Gasteiger charge is 2.23. The maximum atomic E-state index is 11.9. The fraction of sp³-hybridized carbons (Fsp3) is 0.471. The molecule has 0 saturated carbocycles. The van der Waals surface area contributed by atoms with Gasteiger partial charge in [0.2, 0.25) is 0 Å². The fourth-order valence-electron chi connectivity index (χ4n) is 2.18. The molecule has 2 amide bonds. The first-order valence-corrected chi connectivity index (χ1v) is 10.6. The molecule has 0 saturated heterocycles. The molecule has 1 aliphatic heterocycles. The molecule has 1 aromatic rings.